The second kappa shape index (κ2) is 8.96. The predicted octanol–water partition coefficient (Wildman–Crippen LogP) is 4.66. The van der Waals surface area contributed by atoms with Crippen molar-refractivity contribution >= 4 is 22.4 Å². The third-order valence-corrected chi connectivity index (χ3v) is 6.69. The molecule has 7 heteroatoms. The molecule has 0 unspecified atom stereocenters. The van der Waals surface area contributed by atoms with Gasteiger partial charge in [-0.25, -0.2) is 9.67 Å². The molecule has 32 heavy (non-hydrogen) atoms. The summed E-state index contributed by atoms with van der Waals surface area (Å²) in [6.45, 7) is 5.10. The number of hydrogen-bond acceptors (Lipinski definition) is 5. The first kappa shape index (κ1) is 20.5. The van der Waals surface area contributed by atoms with Gasteiger partial charge in [0, 0.05) is 43.3 Å². The van der Waals surface area contributed by atoms with Crippen molar-refractivity contribution in [3.05, 3.63) is 83.5 Å². The van der Waals surface area contributed by atoms with Crippen LogP contribution in [0.25, 0.3) is 16.9 Å². The highest BCUT2D eigenvalue weighted by Crippen LogP contribution is 2.26. The van der Waals surface area contributed by atoms with Gasteiger partial charge in [-0.2, -0.15) is 5.10 Å². The molecule has 4 aromatic rings. The summed E-state index contributed by atoms with van der Waals surface area (Å²) in [5, 5.41) is 7.92. The molecule has 0 radical (unpaired) electrons. The summed E-state index contributed by atoms with van der Waals surface area (Å²) in [5.41, 5.74) is 4.28. The molecule has 0 aliphatic carbocycles. The molecule has 162 valence electrons. The van der Waals surface area contributed by atoms with Crippen LogP contribution in [-0.2, 0) is 0 Å². The highest BCUT2D eigenvalue weighted by atomic mass is 32.1. The summed E-state index contributed by atoms with van der Waals surface area (Å²) >= 11 is 1.67. The quantitative estimate of drug-likeness (QED) is 0.460. The van der Waals surface area contributed by atoms with E-state index in [1.54, 1.807) is 16.0 Å². The molecule has 0 atom stereocenters. The molecule has 1 aliphatic heterocycles. The number of carbonyl (C=O) groups excluding carboxylic acids is 1. The lowest BCUT2D eigenvalue weighted by Crippen LogP contribution is -2.35. The first-order valence-corrected chi connectivity index (χ1v) is 11.7. The zero-order valence-corrected chi connectivity index (χ0v) is 18.8. The van der Waals surface area contributed by atoms with E-state index in [4.69, 9.17) is 5.10 Å². The fourth-order valence-corrected chi connectivity index (χ4v) is 4.88. The van der Waals surface area contributed by atoms with Gasteiger partial charge in [-0.3, -0.25) is 4.79 Å². The van der Waals surface area contributed by atoms with Crippen LogP contribution < -0.4 is 4.90 Å². The Morgan fingerprint density at radius 1 is 0.938 bits per heavy atom. The van der Waals surface area contributed by atoms with Gasteiger partial charge in [-0.15, -0.1) is 11.3 Å². The van der Waals surface area contributed by atoms with Crippen molar-refractivity contribution in [2.45, 2.75) is 13.3 Å². The number of anilines is 1. The normalized spacial score (nSPS) is 14.4. The van der Waals surface area contributed by atoms with E-state index in [2.05, 4.69) is 15.3 Å². The second-order valence-electron chi connectivity index (χ2n) is 7.94. The molecular weight excluding hydrogens is 418 g/mol. The molecule has 1 aliphatic rings. The van der Waals surface area contributed by atoms with Gasteiger partial charge in [-0.1, -0.05) is 48.5 Å². The highest BCUT2D eigenvalue weighted by Gasteiger charge is 2.26. The molecule has 1 fully saturated rings. The number of aromatic nitrogens is 3. The Kier molecular flexibility index (Phi) is 5.73. The summed E-state index contributed by atoms with van der Waals surface area (Å²) in [4.78, 5) is 22.5. The van der Waals surface area contributed by atoms with Gasteiger partial charge in [0.2, 0.25) is 0 Å². The van der Waals surface area contributed by atoms with E-state index in [-0.39, 0.29) is 5.91 Å². The van der Waals surface area contributed by atoms with Crippen molar-refractivity contribution in [3.63, 3.8) is 0 Å². The molecule has 2 aromatic carbocycles. The number of hydrogen-bond donors (Lipinski definition) is 0. The van der Waals surface area contributed by atoms with Crippen LogP contribution in [0.4, 0.5) is 5.13 Å². The first-order chi connectivity index (χ1) is 15.7. The lowest BCUT2D eigenvalue weighted by Gasteiger charge is -2.21. The summed E-state index contributed by atoms with van der Waals surface area (Å²) in [5.74, 6) is 0.0307. The molecule has 0 spiro atoms. The van der Waals surface area contributed by atoms with Crippen LogP contribution in [0.3, 0.4) is 0 Å². The minimum Gasteiger partial charge on any atom is -0.346 e. The molecule has 0 N–H and O–H groups in total. The average molecular weight is 444 g/mol. The number of benzene rings is 2. The first-order valence-electron chi connectivity index (χ1n) is 10.9. The van der Waals surface area contributed by atoms with E-state index >= 15 is 0 Å². The monoisotopic (exact) mass is 443 g/mol. The lowest BCUT2D eigenvalue weighted by molar-refractivity contribution is 0.0768. The Bertz CT molecular complexity index is 1200. The van der Waals surface area contributed by atoms with E-state index in [0.717, 1.165) is 53.8 Å². The van der Waals surface area contributed by atoms with E-state index in [1.807, 2.05) is 78.7 Å². The van der Waals surface area contributed by atoms with Gasteiger partial charge in [0.25, 0.3) is 5.91 Å². The number of nitrogens with zero attached hydrogens (tertiary/aromatic N) is 5. The van der Waals surface area contributed by atoms with Crippen molar-refractivity contribution in [3.8, 4) is 16.9 Å². The van der Waals surface area contributed by atoms with Crippen LogP contribution in [-0.4, -0.2) is 51.8 Å². The standard InChI is InChI=1S/C25H25N5OS/c1-19-18-32-25(26-19)29-14-8-13-28(15-16-29)24(31)22-17-30(21-11-6-3-7-12-21)27-23(22)20-9-4-2-5-10-20/h2-7,9-12,17-18H,8,13-16H2,1H3. The van der Waals surface area contributed by atoms with Gasteiger partial charge in [-0.05, 0) is 25.5 Å². The Balaban J connectivity index is 1.44. The Morgan fingerprint density at radius 3 is 2.41 bits per heavy atom. The van der Waals surface area contributed by atoms with E-state index in [9.17, 15) is 4.79 Å². The minimum absolute atomic E-state index is 0.0307. The molecular formula is C25H25N5OS. The molecule has 0 bridgehead atoms. The minimum atomic E-state index is 0.0307. The number of aryl methyl sites for hydroxylation is 1. The van der Waals surface area contributed by atoms with Crippen LogP contribution in [0, 0.1) is 6.92 Å². The topological polar surface area (TPSA) is 54.3 Å². The van der Waals surface area contributed by atoms with Crippen molar-refractivity contribution in [2.75, 3.05) is 31.1 Å². The van der Waals surface area contributed by atoms with Gasteiger partial charge in [0.05, 0.1) is 16.9 Å². The molecule has 3 heterocycles. The molecule has 5 rings (SSSR count). The maximum Gasteiger partial charge on any atom is 0.257 e. The Hall–Kier alpha value is -3.45. The van der Waals surface area contributed by atoms with Gasteiger partial charge < -0.3 is 9.80 Å². The average Bonchev–Trinajstić information content (AvgIpc) is 3.40. The summed E-state index contributed by atoms with van der Waals surface area (Å²) in [6, 6.07) is 19.9. The third kappa shape index (κ3) is 4.16. The molecule has 2 aromatic heterocycles. The van der Waals surface area contributed by atoms with Crippen LogP contribution in [0.2, 0.25) is 0 Å². The van der Waals surface area contributed by atoms with Crippen molar-refractivity contribution < 1.29 is 4.79 Å². The van der Waals surface area contributed by atoms with Crippen molar-refractivity contribution in [1.82, 2.24) is 19.7 Å². The maximum absolute atomic E-state index is 13.7. The van der Waals surface area contributed by atoms with Crippen LogP contribution >= 0.6 is 11.3 Å². The number of rotatable bonds is 4. The summed E-state index contributed by atoms with van der Waals surface area (Å²) < 4.78 is 1.80. The maximum atomic E-state index is 13.7. The van der Waals surface area contributed by atoms with E-state index in [0.29, 0.717) is 12.1 Å². The smallest absolute Gasteiger partial charge is 0.257 e. The number of amides is 1. The molecule has 1 amide bonds. The zero-order valence-electron chi connectivity index (χ0n) is 18.0. The third-order valence-electron chi connectivity index (χ3n) is 5.67. The Labute approximate surface area is 191 Å². The van der Waals surface area contributed by atoms with Crippen LogP contribution in [0.5, 0.6) is 0 Å². The number of thiazole rings is 1. The Morgan fingerprint density at radius 2 is 1.69 bits per heavy atom. The largest absolute Gasteiger partial charge is 0.346 e. The fraction of sp³-hybridized carbons (Fsp3) is 0.240. The van der Waals surface area contributed by atoms with E-state index < -0.39 is 0 Å². The molecule has 0 saturated carbocycles. The zero-order chi connectivity index (χ0) is 21.9. The number of carbonyl (C=O) groups is 1. The van der Waals surface area contributed by atoms with Gasteiger partial charge >= 0.3 is 0 Å². The highest BCUT2D eigenvalue weighted by molar-refractivity contribution is 7.13. The summed E-state index contributed by atoms with van der Waals surface area (Å²) in [6.07, 6.45) is 2.78. The number of para-hydroxylation sites is 1. The SMILES string of the molecule is Cc1csc(N2CCCN(C(=O)c3cn(-c4ccccc4)nc3-c3ccccc3)CC2)n1. The van der Waals surface area contributed by atoms with Crippen molar-refractivity contribution in [2.24, 2.45) is 0 Å². The van der Waals surface area contributed by atoms with Gasteiger partial charge in [0.1, 0.15) is 5.69 Å². The van der Waals surface area contributed by atoms with Crippen LogP contribution in [0.1, 0.15) is 22.5 Å². The van der Waals surface area contributed by atoms with Gasteiger partial charge in [0.15, 0.2) is 5.13 Å². The fourth-order valence-electron chi connectivity index (χ4n) is 4.02. The van der Waals surface area contributed by atoms with Crippen molar-refractivity contribution in [1.29, 1.82) is 0 Å². The lowest BCUT2D eigenvalue weighted by atomic mass is 10.1. The summed E-state index contributed by atoms with van der Waals surface area (Å²) in [7, 11) is 0. The molecule has 1 saturated heterocycles. The van der Waals surface area contributed by atoms with E-state index in [1.165, 1.54) is 0 Å². The van der Waals surface area contributed by atoms with Crippen LogP contribution in [0.15, 0.2) is 72.2 Å². The molecule has 6 nitrogen and oxygen atoms in total. The second-order valence-corrected chi connectivity index (χ2v) is 8.78. The predicted molar refractivity (Wildman–Crippen MR) is 129 cm³/mol.